The topological polar surface area (TPSA) is 41.7 Å². The van der Waals surface area contributed by atoms with E-state index >= 15 is 0 Å². The third-order valence-corrected chi connectivity index (χ3v) is 3.26. The molecule has 1 N–H and O–H groups in total. The summed E-state index contributed by atoms with van der Waals surface area (Å²) in [7, 11) is 0. The molecule has 2 rings (SSSR count). The van der Waals surface area contributed by atoms with Crippen molar-refractivity contribution in [1.82, 2.24) is 4.40 Å². The molecule has 14 heavy (non-hydrogen) atoms. The van der Waals surface area contributed by atoms with Crippen molar-refractivity contribution < 1.29 is 9.90 Å². The summed E-state index contributed by atoms with van der Waals surface area (Å²) < 4.78 is 1.84. The van der Waals surface area contributed by atoms with Crippen LogP contribution >= 0.6 is 11.3 Å². The summed E-state index contributed by atoms with van der Waals surface area (Å²) in [6, 6.07) is 1.92. The molecule has 0 fully saturated rings. The number of hydrogen-bond donors (Lipinski definition) is 1. The highest BCUT2D eigenvalue weighted by Gasteiger charge is 2.16. The van der Waals surface area contributed by atoms with E-state index in [4.69, 9.17) is 5.11 Å². The highest BCUT2D eigenvalue weighted by Crippen LogP contribution is 2.24. The lowest BCUT2D eigenvalue weighted by Crippen LogP contribution is -2.04. The van der Waals surface area contributed by atoms with Crippen LogP contribution in [0.25, 0.3) is 4.83 Å². The molecule has 0 bridgehead atoms. The first-order valence-corrected chi connectivity index (χ1v) is 5.34. The van der Waals surface area contributed by atoms with Gasteiger partial charge in [-0.05, 0) is 25.0 Å². The van der Waals surface area contributed by atoms with Crippen LogP contribution in [0.3, 0.4) is 0 Å². The van der Waals surface area contributed by atoms with E-state index in [1.165, 1.54) is 0 Å². The van der Waals surface area contributed by atoms with Gasteiger partial charge in [0.15, 0.2) is 0 Å². The van der Waals surface area contributed by atoms with Gasteiger partial charge in [0.05, 0.1) is 0 Å². The summed E-state index contributed by atoms with van der Waals surface area (Å²) in [5, 5.41) is 11.1. The van der Waals surface area contributed by atoms with Gasteiger partial charge in [0.1, 0.15) is 10.5 Å². The smallest absolute Gasteiger partial charge is 0.353 e. The molecule has 0 aromatic carbocycles. The van der Waals surface area contributed by atoms with Gasteiger partial charge in [0, 0.05) is 11.1 Å². The number of aromatic nitrogens is 1. The van der Waals surface area contributed by atoms with Crippen molar-refractivity contribution in [1.29, 1.82) is 0 Å². The fourth-order valence-electron chi connectivity index (χ4n) is 1.66. The van der Waals surface area contributed by atoms with Crippen LogP contribution in [-0.4, -0.2) is 15.5 Å². The zero-order chi connectivity index (χ0) is 10.3. The minimum Gasteiger partial charge on any atom is -0.477 e. The molecule has 0 unspecified atom stereocenters. The Morgan fingerprint density at radius 1 is 1.64 bits per heavy atom. The van der Waals surface area contributed by atoms with Crippen molar-refractivity contribution in [2.45, 2.75) is 20.3 Å². The van der Waals surface area contributed by atoms with Gasteiger partial charge in [-0.2, -0.15) is 0 Å². The number of aromatic carboxylic acids is 1. The molecule has 74 valence electrons. The molecule has 0 spiro atoms. The molecule has 0 saturated carbocycles. The lowest BCUT2D eigenvalue weighted by molar-refractivity contribution is 0.0688. The normalized spacial score (nSPS) is 11.0. The number of fused-ring (bicyclic) bond motifs is 1. The summed E-state index contributed by atoms with van der Waals surface area (Å²) in [5.41, 5.74) is 2.30. The Bertz CT molecular complexity index is 495. The first kappa shape index (κ1) is 9.27. The minimum atomic E-state index is -0.851. The standard InChI is InChI=1S/C10H11NO2S/c1-3-7-5-14-8-4-6(2)9(10(12)13)11(7)8/h4-5H,3H2,1-2H3,(H,12,13). The van der Waals surface area contributed by atoms with Crippen LogP contribution in [0.5, 0.6) is 0 Å². The molecule has 0 saturated heterocycles. The van der Waals surface area contributed by atoms with Crippen LogP contribution in [-0.2, 0) is 6.42 Å². The van der Waals surface area contributed by atoms with Gasteiger partial charge in [-0.3, -0.25) is 4.40 Å². The van der Waals surface area contributed by atoms with Crippen LogP contribution in [0.1, 0.15) is 28.7 Å². The SMILES string of the molecule is CCc1csc2cc(C)c(C(=O)O)n12. The molecular weight excluding hydrogens is 198 g/mol. The Hall–Kier alpha value is -1.29. The molecule has 0 amide bonds. The third kappa shape index (κ3) is 1.14. The molecule has 2 heterocycles. The maximum atomic E-state index is 11.0. The summed E-state index contributed by atoms with van der Waals surface area (Å²) in [6.07, 6.45) is 0.856. The highest BCUT2D eigenvalue weighted by molar-refractivity contribution is 7.15. The average Bonchev–Trinajstić information content (AvgIpc) is 2.60. The molecule has 0 atom stereocenters. The second-order valence-electron chi connectivity index (χ2n) is 3.24. The summed E-state index contributed by atoms with van der Waals surface area (Å²) in [4.78, 5) is 12.1. The van der Waals surface area contributed by atoms with Gasteiger partial charge >= 0.3 is 5.97 Å². The van der Waals surface area contributed by atoms with Crippen LogP contribution in [0.4, 0.5) is 0 Å². The van der Waals surface area contributed by atoms with Crippen LogP contribution < -0.4 is 0 Å². The fourth-order valence-corrected chi connectivity index (χ4v) is 2.75. The van der Waals surface area contributed by atoms with Crippen molar-refractivity contribution in [2.75, 3.05) is 0 Å². The minimum absolute atomic E-state index is 0.401. The second kappa shape index (κ2) is 3.13. The van der Waals surface area contributed by atoms with Crippen LogP contribution in [0.2, 0.25) is 0 Å². The highest BCUT2D eigenvalue weighted by atomic mass is 32.1. The Morgan fingerprint density at radius 3 is 2.93 bits per heavy atom. The lowest BCUT2D eigenvalue weighted by atomic mass is 10.2. The van der Waals surface area contributed by atoms with Crippen LogP contribution in [0.15, 0.2) is 11.4 Å². The number of nitrogens with zero attached hydrogens (tertiary/aromatic N) is 1. The molecule has 2 aromatic heterocycles. The Kier molecular flexibility index (Phi) is 2.07. The van der Waals surface area contributed by atoms with E-state index in [1.54, 1.807) is 11.3 Å². The Balaban J connectivity index is 2.82. The van der Waals surface area contributed by atoms with Gasteiger partial charge in [0.2, 0.25) is 0 Å². The van der Waals surface area contributed by atoms with Gasteiger partial charge in [-0.15, -0.1) is 11.3 Å². The fraction of sp³-hybridized carbons (Fsp3) is 0.300. The second-order valence-corrected chi connectivity index (χ2v) is 4.13. The summed E-state index contributed by atoms with van der Waals surface area (Å²) in [5.74, 6) is -0.851. The predicted molar refractivity (Wildman–Crippen MR) is 56.3 cm³/mol. The number of carboxylic acids is 1. The van der Waals surface area contributed by atoms with Crippen LogP contribution in [0, 0.1) is 6.92 Å². The van der Waals surface area contributed by atoms with Gasteiger partial charge in [-0.25, -0.2) is 4.79 Å². The zero-order valence-electron chi connectivity index (χ0n) is 8.07. The molecule has 0 radical (unpaired) electrons. The van der Waals surface area contributed by atoms with Crippen molar-refractivity contribution in [3.8, 4) is 0 Å². The molecule has 4 heteroatoms. The number of thiazole rings is 1. The number of carboxylic acid groups (broad SMARTS) is 1. The molecule has 0 aliphatic rings. The van der Waals surface area contributed by atoms with Crippen molar-refractivity contribution in [3.05, 3.63) is 28.4 Å². The average molecular weight is 209 g/mol. The van der Waals surface area contributed by atoms with E-state index < -0.39 is 5.97 Å². The lowest BCUT2D eigenvalue weighted by Gasteiger charge is -1.99. The summed E-state index contributed by atoms with van der Waals surface area (Å²) in [6.45, 7) is 3.87. The largest absolute Gasteiger partial charge is 0.477 e. The summed E-state index contributed by atoms with van der Waals surface area (Å²) >= 11 is 1.59. The monoisotopic (exact) mass is 209 g/mol. The number of hydrogen-bond acceptors (Lipinski definition) is 2. The third-order valence-electron chi connectivity index (χ3n) is 2.33. The van der Waals surface area contributed by atoms with E-state index in [0.717, 1.165) is 22.5 Å². The van der Waals surface area contributed by atoms with Crippen molar-refractivity contribution >= 4 is 22.1 Å². The van der Waals surface area contributed by atoms with E-state index in [-0.39, 0.29) is 0 Å². The van der Waals surface area contributed by atoms with Gasteiger partial charge in [-0.1, -0.05) is 6.92 Å². The molecular formula is C10H11NO2S. The van der Waals surface area contributed by atoms with E-state index in [0.29, 0.717) is 5.69 Å². The van der Waals surface area contributed by atoms with Crippen molar-refractivity contribution in [2.24, 2.45) is 0 Å². The van der Waals surface area contributed by atoms with E-state index in [1.807, 2.05) is 29.7 Å². The maximum absolute atomic E-state index is 11.0. The molecule has 0 aliphatic heterocycles. The Labute approximate surface area is 85.6 Å². The maximum Gasteiger partial charge on any atom is 0.353 e. The Morgan fingerprint density at radius 2 is 2.36 bits per heavy atom. The van der Waals surface area contributed by atoms with E-state index in [2.05, 4.69) is 0 Å². The number of aryl methyl sites for hydroxylation is 2. The number of carbonyl (C=O) groups is 1. The zero-order valence-corrected chi connectivity index (χ0v) is 8.89. The molecule has 2 aromatic rings. The predicted octanol–water partition coefficient (Wildman–Crippen LogP) is 2.57. The van der Waals surface area contributed by atoms with Crippen molar-refractivity contribution in [3.63, 3.8) is 0 Å². The quantitative estimate of drug-likeness (QED) is 0.825. The van der Waals surface area contributed by atoms with E-state index in [9.17, 15) is 4.79 Å². The molecule has 3 nitrogen and oxygen atoms in total. The number of rotatable bonds is 2. The van der Waals surface area contributed by atoms with Gasteiger partial charge < -0.3 is 5.11 Å². The first-order valence-electron chi connectivity index (χ1n) is 4.47. The first-order chi connectivity index (χ1) is 6.65. The van der Waals surface area contributed by atoms with Gasteiger partial charge in [0.25, 0.3) is 0 Å². The molecule has 0 aliphatic carbocycles.